The summed E-state index contributed by atoms with van der Waals surface area (Å²) in [5.74, 6) is -0.157. The molecule has 0 aromatic carbocycles. The zero-order valence-corrected chi connectivity index (χ0v) is 11.6. The summed E-state index contributed by atoms with van der Waals surface area (Å²) in [5.41, 5.74) is 1.01. The monoisotopic (exact) mass is 281 g/mol. The van der Waals surface area contributed by atoms with Crippen LogP contribution in [0.25, 0.3) is 0 Å². The van der Waals surface area contributed by atoms with Crippen LogP contribution in [0.15, 0.2) is 23.6 Å². The first-order valence-corrected chi connectivity index (χ1v) is 6.61. The van der Waals surface area contributed by atoms with Crippen molar-refractivity contribution < 1.29 is 4.79 Å². The average molecular weight is 282 g/mol. The van der Waals surface area contributed by atoms with Gasteiger partial charge in [0, 0.05) is 17.6 Å². The summed E-state index contributed by atoms with van der Waals surface area (Å²) in [4.78, 5) is 22.8. The highest BCUT2D eigenvalue weighted by atomic mass is 35.5. The van der Waals surface area contributed by atoms with E-state index in [1.54, 1.807) is 36.3 Å². The average Bonchev–Trinajstić information content (AvgIpc) is 2.79. The van der Waals surface area contributed by atoms with Gasteiger partial charge < -0.3 is 4.90 Å². The molecule has 0 atom stereocenters. The highest BCUT2D eigenvalue weighted by Crippen LogP contribution is 2.13. The van der Waals surface area contributed by atoms with Gasteiger partial charge in [0.25, 0.3) is 5.91 Å². The van der Waals surface area contributed by atoms with Crippen molar-refractivity contribution in [2.24, 2.45) is 0 Å². The number of halogens is 1. The van der Waals surface area contributed by atoms with E-state index < -0.39 is 0 Å². The van der Waals surface area contributed by atoms with Gasteiger partial charge in [0.1, 0.15) is 5.69 Å². The highest BCUT2D eigenvalue weighted by molar-refractivity contribution is 7.09. The number of nitrogens with zero attached hydrogens (tertiary/aromatic N) is 3. The number of hydrogen-bond donors (Lipinski definition) is 0. The Labute approximate surface area is 114 Å². The van der Waals surface area contributed by atoms with Gasteiger partial charge in [-0.2, -0.15) is 0 Å². The molecule has 2 heterocycles. The van der Waals surface area contributed by atoms with Gasteiger partial charge in [-0.3, -0.25) is 4.79 Å². The molecule has 0 saturated carbocycles. The number of thiophene rings is 1. The molecule has 0 radical (unpaired) electrons. The Morgan fingerprint density at radius 2 is 2.28 bits per heavy atom. The molecule has 2 aromatic heterocycles. The Bertz CT molecular complexity index is 536. The van der Waals surface area contributed by atoms with Gasteiger partial charge in [-0.1, -0.05) is 6.07 Å². The van der Waals surface area contributed by atoms with E-state index in [1.165, 1.54) is 0 Å². The first kappa shape index (κ1) is 13.0. The van der Waals surface area contributed by atoms with Crippen LogP contribution in [-0.2, 0) is 6.54 Å². The molecule has 0 bridgehead atoms. The van der Waals surface area contributed by atoms with E-state index in [9.17, 15) is 4.79 Å². The van der Waals surface area contributed by atoms with Crippen molar-refractivity contribution >= 4 is 28.8 Å². The molecular weight excluding hydrogens is 270 g/mol. The van der Waals surface area contributed by atoms with Gasteiger partial charge in [-0.05, 0) is 36.0 Å². The summed E-state index contributed by atoms with van der Waals surface area (Å²) >= 11 is 7.37. The normalized spacial score (nSPS) is 10.4. The number of rotatable bonds is 3. The largest absolute Gasteiger partial charge is 0.335 e. The van der Waals surface area contributed by atoms with E-state index in [0.717, 1.165) is 4.88 Å². The van der Waals surface area contributed by atoms with E-state index >= 15 is 0 Å². The smallest absolute Gasteiger partial charge is 0.272 e. The molecular formula is C12H12ClN3OS. The van der Waals surface area contributed by atoms with Crippen LogP contribution in [0.1, 0.15) is 21.1 Å². The molecule has 18 heavy (non-hydrogen) atoms. The van der Waals surface area contributed by atoms with Crippen molar-refractivity contribution in [2.75, 3.05) is 7.05 Å². The molecule has 0 aliphatic heterocycles. The maximum absolute atomic E-state index is 12.2. The third kappa shape index (κ3) is 3.05. The van der Waals surface area contributed by atoms with Crippen LogP contribution in [0.3, 0.4) is 0 Å². The predicted molar refractivity (Wildman–Crippen MR) is 71.9 cm³/mol. The number of hydrogen-bond acceptors (Lipinski definition) is 4. The van der Waals surface area contributed by atoms with Crippen molar-refractivity contribution in [3.05, 3.63) is 45.1 Å². The van der Waals surface area contributed by atoms with Crippen molar-refractivity contribution in [3.63, 3.8) is 0 Å². The maximum Gasteiger partial charge on any atom is 0.272 e. The molecule has 0 saturated heterocycles. The van der Waals surface area contributed by atoms with Crippen molar-refractivity contribution in [1.29, 1.82) is 0 Å². The minimum Gasteiger partial charge on any atom is -0.335 e. The summed E-state index contributed by atoms with van der Waals surface area (Å²) < 4.78 is 0. The molecule has 0 aliphatic carbocycles. The van der Waals surface area contributed by atoms with Gasteiger partial charge in [0.05, 0.1) is 6.54 Å². The minimum atomic E-state index is -0.157. The third-order valence-electron chi connectivity index (χ3n) is 2.37. The maximum atomic E-state index is 12.2. The topological polar surface area (TPSA) is 46.1 Å². The van der Waals surface area contributed by atoms with E-state index in [0.29, 0.717) is 17.9 Å². The van der Waals surface area contributed by atoms with Gasteiger partial charge in [0.15, 0.2) is 0 Å². The molecule has 2 aromatic rings. The van der Waals surface area contributed by atoms with Crippen LogP contribution >= 0.6 is 22.9 Å². The number of carbonyl (C=O) groups is 1. The molecule has 94 valence electrons. The molecule has 6 heteroatoms. The summed E-state index contributed by atoms with van der Waals surface area (Å²) in [6.45, 7) is 2.35. The van der Waals surface area contributed by atoms with Crippen molar-refractivity contribution in [3.8, 4) is 0 Å². The Kier molecular flexibility index (Phi) is 3.93. The molecule has 0 fully saturated rings. The van der Waals surface area contributed by atoms with E-state index in [1.807, 2.05) is 17.5 Å². The van der Waals surface area contributed by atoms with Gasteiger partial charge in [0.2, 0.25) is 5.28 Å². The summed E-state index contributed by atoms with van der Waals surface area (Å²) in [5, 5.41) is 2.09. The summed E-state index contributed by atoms with van der Waals surface area (Å²) in [6.07, 6.45) is 0. The fourth-order valence-corrected chi connectivity index (χ4v) is 2.53. The lowest BCUT2D eigenvalue weighted by Crippen LogP contribution is -2.26. The lowest BCUT2D eigenvalue weighted by atomic mass is 10.3. The molecule has 2 rings (SSSR count). The predicted octanol–water partition coefficient (Wildman–Crippen LogP) is 2.77. The quantitative estimate of drug-likeness (QED) is 0.813. The van der Waals surface area contributed by atoms with Crippen LogP contribution in [0.5, 0.6) is 0 Å². The number of amides is 1. The van der Waals surface area contributed by atoms with Crippen LogP contribution < -0.4 is 0 Å². The fraction of sp³-hybridized carbons (Fsp3) is 0.250. The number of aryl methyl sites for hydroxylation is 1. The molecule has 4 nitrogen and oxygen atoms in total. The van der Waals surface area contributed by atoms with Crippen molar-refractivity contribution in [2.45, 2.75) is 13.5 Å². The SMILES string of the molecule is Cc1cc(C(=O)N(C)Cc2cccs2)nc(Cl)n1. The zero-order valence-electron chi connectivity index (χ0n) is 10.1. The van der Waals surface area contributed by atoms with E-state index in [2.05, 4.69) is 9.97 Å². The lowest BCUT2D eigenvalue weighted by Gasteiger charge is -2.15. The van der Waals surface area contributed by atoms with Crippen LogP contribution in [0, 0.1) is 6.92 Å². The number of aromatic nitrogens is 2. The van der Waals surface area contributed by atoms with Crippen molar-refractivity contribution in [1.82, 2.24) is 14.9 Å². The van der Waals surface area contributed by atoms with Crippen LogP contribution in [-0.4, -0.2) is 27.8 Å². The molecule has 0 N–H and O–H groups in total. The molecule has 0 unspecified atom stereocenters. The first-order valence-electron chi connectivity index (χ1n) is 5.35. The molecule has 1 amide bonds. The number of carbonyl (C=O) groups excluding carboxylic acids is 1. The molecule has 0 aliphatic rings. The van der Waals surface area contributed by atoms with Gasteiger partial charge in [-0.25, -0.2) is 9.97 Å². The Morgan fingerprint density at radius 3 is 2.89 bits per heavy atom. The molecule has 0 spiro atoms. The standard InChI is InChI=1S/C12H12ClN3OS/c1-8-6-10(15-12(13)14-8)11(17)16(2)7-9-4-3-5-18-9/h3-6H,7H2,1-2H3. The lowest BCUT2D eigenvalue weighted by molar-refractivity contribution is 0.0780. The zero-order chi connectivity index (χ0) is 13.1. The second-order valence-corrected chi connectivity index (χ2v) is 5.27. The first-order chi connectivity index (χ1) is 8.56. The summed E-state index contributed by atoms with van der Waals surface area (Å²) in [7, 11) is 1.74. The van der Waals surface area contributed by atoms with Gasteiger partial charge >= 0.3 is 0 Å². The Hall–Kier alpha value is -1.46. The van der Waals surface area contributed by atoms with Gasteiger partial charge in [-0.15, -0.1) is 11.3 Å². The van der Waals surface area contributed by atoms with E-state index in [4.69, 9.17) is 11.6 Å². The second kappa shape index (κ2) is 5.46. The van der Waals surface area contributed by atoms with E-state index in [-0.39, 0.29) is 11.2 Å². The minimum absolute atomic E-state index is 0.0999. The highest BCUT2D eigenvalue weighted by Gasteiger charge is 2.15. The fourth-order valence-electron chi connectivity index (χ4n) is 1.55. The summed E-state index contributed by atoms with van der Waals surface area (Å²) in [6, 6.07) is 5.59. The Morgan fingerprint density at radius 1 is 1.50 bits per heavy atom. The second-order valence-electron chi connectivity index (χ2n) is 3.90. The van der Waals surface area contributed by atoms with Crippen LogP contribution in [0.4, 0.5) is 0 Å². The van der Waals surface area contributed by atoms with Crippen LogP contribution in [0.2, 0.25) is 5.28 Å². The Balaban J connectivity index is 2.15. The third-order valence-corrected chi connectivity index (χ3v) is 3.40.